The number of ether oxygens (including phenoxy) is 2. The van der Waals surface area contributed by atoms with Crippen LogP contribution in [-0.4, -0.2) is 37.0 Å². The number of rotatable bonds is 5. The molecule has 134 valence electrons. The molecule has 0 saturated carbocycles. The average Bonchev–Trinajstić information content (AvgIpc) is 2.65. The van der Waals surface area contributed by atoms with Gasteiger partial charge in [0.25, 0.3) is 5.91 Å². The summed E-state index contributed by atoms with van der Waals surface area (Å²) in [5.41, 5.74) is 1.12. The second-order valence-corrected chi connectivity index (χ2v) is 5.73. The third kappa shape index (κ3) is 4.00. The van der Waals surface area contributed by atoms with Gasteiger partial charge < -0.3 is 14.8 Å². The maximum atomic E-state index is 12.4. The molecular weight excluding hydrogens is 336 g/mol. The predicted octanol–water partition coefficient (Wildman–Crippen LogP) is 1.98. The molecule has 1 atom stereocenters. The standard InChI is InChI=1S/C19H18N2O5/c1-13(26-14-7-3-2-4-8-14)19(24)25-12-18(23)21-11-17(22)20-15-9-5-6-10-16(15)21/h2-10,13H,11-12H2,1H3,(H,20,22)/t13-/m0/s1. The van der Waals surface area contributed by atoms with E-state index in [4.69, 9.17) is 9.47 Å². The third-order valence-electron chi connectivity index (χ3n) is 3.80. The van der Waals surface area contributed by atoms with Gasteiger partial charge in [0.15, 0.2) is 12.7 Å². The van der Waals surface area contributed by atoms with Crippen molar-refractivity contribution in [3.05, 3.63) is 54.6 Å². The van der Waals surface area contributed by atoms with Crippen LogP contribution in [0.15, 0.2) is 54.6 Å². The molecular formula is C19H18N2O5. The van der Waals surface area contributed by atoms with Gasteiger partial charge in [-0.2, -0.15) is 0 Å². The maximum absolute atomic E-state index is 12.4. The van der Waals surface area contributed by atoms with Crippen LogP contribution in [0.4, 0.5) is 11.4 Å². The molecule has 3 rings (SSSR count). The Kier molecular flexibility index (Phi) is 5.17. The van der Waals surface area contributed by atoms with Gasteiger partial charge in [-0.15, -0.1) is 0 Å². The monoisotopic (exact) mass is 354 g/mol. The Hall–Kier alpha value is -3.35. The van der Waals surface area contributed by atoms with E-state index in [1.165, 1.54) is 4.90 Å². The second-order valence-electron chi connectivity index (χ2n) is 5.73. The van der Waals surface area contributed by atoms with Gasteiger partial charge in [0, 0.05) is 0 Å². The number of nitrogens with one attached hydrogen (secondary N) is 1. The van der Waals surface area contributed by atoms with E-state index in [9.17, 15) is 14.4 Å². The van der Waals surface area contributed by atoms with Crippen molar-refractivity contribution in [3.63, 3.8) is 0 Å². The lowest BCUT2D eigenvalue weighted by Gasteiger charge is -2.29. The quantitative estimate of drug-likeness (QED) is 0.830. The van der Waals surface area contributed by atoms with Gasteiger partial charge in [0.05, 0.1) is 11.4 Å². The summed E-state index contributed by atoms with van der Waals surface area (Å²) < 4.78 is 10.5. The van der Waals surface area contributed by atoms with Crippen molar-refractivity contribution in [2.75, 3.05) is 23.4 Å². The van der Waals surface area contributed by atoms with E-state index in [-0.39, 0.29) is 12.5 Å². The van der Waals surface area contributed by atoms with E-state index in [0.717, 1.165) is 0 Å². The second kappa shape index (κ2) is 7.69. The van der Waals surface area contributed by atoms with E-state index >= 15 is 0 Å². The Morgan fingerprint density at radius 3 is 2.58 bits per heavy atom. The van der Waals surface area contributed by atoms with Crippen LogP contribution in [0.3, 0.4) is 0 Å². The zero-order valence-electron chi connectivity index (χ0n) is 14.2. The maximum Gasteiger partial charge on any atom is 0.347 e. The smallest absolute Gasteiger partial charge is 0.347 e. The number of anilines is 2. The van der Waals surface area contributed by atoms with Crippen molar-refractivity contribution in [3.8, 4) is 5.75 Å². The minimum atomic E-state index is -0.859. The van der Waals surface area contributed by atoms with Gasteiger partial charge in [-0.1, -0.05) is 30.3 Å². The topological polar surface area (TPSA) is 84.9 Å². The minimum absolute atomic E-state index is 0.122. The summed E-state index contributed by atoms with van der Waals surface area (Å²) in [5, 5.41) is 2.69. The molecule has 0 aliphatic carbocycles. The number of para-hydroxylation sites is 3. The van der Waals surface area contributed by atoms with E-state index < -0.39 is 24.6 Å². The molecule has 7 heteroatoms. The first-order chi connectivity index (χ1) is 12.5. The molecule has 2 aromatic rings. The van der Waals surface area contributed by atoms with E-state index in [0.29, 0.717) is 17.1 Å². The van der Waals surface area contributed by atoms with Crippen LogP contribution in [0.2, 0.25) is 0 Å². The summed E-state index contributed by atoms with van der Waals surface area (Å²) in [6, 6.07) is 15.8. The number of amides is 2. The molecule has 1 N–H and O–H groups in total. The van der Waals surface area contributed by atoms with Gasteiger partial charge >= 0.3 is 5.97 Å². The van der Waals surface area contributed by atoms with Gasteiger partial charge in [-0.25, -0.2) is 4.79 Å². The molecule has 7 nitrogen and oxygen atoms in total. The van der Waals surface area contributed by atoms with E-state index in [1.54, 1.807) is 55.5 Å². The predicted molar refractivity (Wildman–Crippen MR) is 94.9 cm³/mol. The number of hydrogen-bond donors (Lipinski definition) is 1. The molecule has 0 fully saturated rings. The van der Waals surface area contributed by atoms with Crippen LogP contribution in [0, 0.1) is 0 Å². The number of carbonyl (C=O) groups excluding carboxylic acids is 3. The molecule has 2 amide bonds. The largest absolute Gasteiger partial charge is 0.479 e. The highest BCUT2D eigenvalue weighted by atomic mass is 16.6. The molecule has 0 saturated heterocycles. The van der Waals surface area contributed by atoms with Crippen molar-refractivity contribution in [1.82, 2.24) is 0 Å². The molecule has 0 bridgehead atoms. The molecule has 0 unspecified atom stereocenters. The normalized spacial score (nSPS) is 14.0. The fourth-order valence-corrected chi connectivity index (χ4v) is 2.54. The Morgan fingerprint density at radius 1 is 1.12 bits per heavy atom. The number of hydrogen-bond acceptors (Lipinski definition) is 5. The Labute approximate surface area is 150 Å². The highest BCUT2D eigenvalue weighted by Crippen LogP contribution is 2.28. The fourth-order valence-electron chi connectivity index (χ4n) is 2.54. The van der Waals surface area contributed by atoms with Crippen LogP contribution >= 0.6 is 0 Å². The molecule has 2 aromatic carbocycles. The molecule has 1 aliphatic heterocycles. The average molecular weight is 354 g/mol. The van der Waals surface area contributed by atoms with Gasteiger partial charge in [-0.3, -0.25) is 14.5 Å². The Morgan fingerprint density at radius 2 is 1.81 bits per heavy atom. The molecule has 1 aliphatic rings. The number of carbonyl (C=O) groups is 3. The summed E-state index contributed by atoms with van der Waals surface area (Å²) in [6.07, 6.45) is -0.859. The molecule has 26 heavy (non-hydrogen) atoms. The van der Waals surface area contributed by atoms with Crippen LogP contribution in [0.5, 0.6) is 5.75 Å². The molecule has 0 spiro atoms. The Bertz CT molecular complexity index is 822. The zero-order valence-corrected chi connectivity index (χ0v) is 14.2. The summed E-state index contributed by atoms with van der Waals surface area (Å²) in [4.78, 5) is 37.5. The number of benzene rings is 2. The summed E-state index contributed by atoms with van der Waals surface area (Å²) >= 11 is 0. The van der Waals surface area contributed by atoms with Gasteiger partial charge in [0.1, 0.15) is 12.3 Å². The van der Waals surface area contributed by atoms with E-state index in [1.807, 2.05) is 6.07 Å². The summed E-state index contributed by atoms with van der Waals surface area (Å²) in [7, 11) is 0. The lowest BCUT2D eigenvalue weighted by Crippen LogP contribution is -2.44. The minimum Gasteiger partial charge on any atom is -0.479 e. The lowest BCUT2D eigenvalue weighted by atomic mass is 10.2. The Balaban J connectivity index is 1.58. The van der Waals surface area contributed by atoms with Crippen LogP contribution in [0.25, 0.3) is 0 Å². The van der Waals surface area contributed by atoms with Crippen molar-refractivity contribution < 1.29 is 23.9 Å². The van der Waals surface area contributed by atoms with Gasteiger partial charge in [-0.05, 0) is 31.2 Å². The first-order valence-electron chi connectivity index (χ1n) is 8.12. The summed E-state index contributed by atoms with van der Waals surface area (Å²) in [5.74, 6) is -0.904. The SMILES string of the molecule is C[C@H](Oc1ccccc1)C(=O)OCC(=O)N1CC(=O)Nc2ccccc21. The van der Waals surface area contributed by atoms with Crippen LogP contribution < -0.4 is 15.0 Å². The van der Waals surface area contributed by atoms with Crippen molar-refractivity contribution in [2.24, 2.45) is 0 Å². The highest BCUT2D eigenvalue weighted by molar-refractivity contribution is 6.10. The molecule has 0 radical (unpaired) electrons. The van der Waals surface area contributed by atoms with Crippen LogP contribution in [-0.2, 0) is 19.1 Å². The number of esters is 1. The van der Waals surface area contributed by atoms with Crippen molar-refractivity contribution in [2.45, 2.75) is 13.0 Å². The molecule has 1 heterocycles. The zero-order chi connectivity index (χ0) is 18.5. The van der Waals surface area contributed by atoms with Crippen LogP contribution in [0.1, 0.15) is 6.92 Å². The first kappa shape index (κ1) is 17.5. The first-order valence-corrected chi connectivity index (χ1v) is 8.12. The van der Waals surface area contributed by atoms with Crippen molar-refractivity contribution in [1.29, 1.82) is 0 Å². The van der Waals surface area contributed by atoms with Gasteiger partial charge in [0.2, 0.25) is 5.91 Å². The van der Waals surface area contributed by atoms with E-state index in [2.05, 4.69) is 5.32 Å². The van der Waals surface area contributed by atoms with Crippen molar-refractivity contribution >= 4 is 29.2 Å². The number of nitrogens with zero attached hydrogens (tertiary/aromatic N) is 1. The lowest BCUT2D eigenvalue weighted by molar-refractivity contribution is -0.154. The fraction of sp³-hybridized carbons (Fsp3) is 0.211. The third-order valence-corrected chi connectivity index (χ3v) is 3.80. The summed E-state index contributed by atoms with van der Waals surface area (Å²) in [6.45, 7) is 0.954. The highest BCUT2D eigenvalue weighted by Gasteiger charge is 2.28. The molecule has 0 aromatic heterocycles. The number of fused-ring (bicyclic) bond motifs is 1.